The van der Waals surface area contributed by atoms with Crippen LogP contribution < -0.4 is 11.1 Å². The highest BCUT2D eigenvalue weighted by Gasteiger charge is 2.49. The van der Waals surface area contributed by atoms with Crippen molar-refractivity contribution in [3.8, 4) is 0 Å². The Kier molecular flexibility index (Phi) is 8.06. The summed E-state index contributed by atoms with van der Waals surface area (Å²) < 4.78 is 11.3. The highest BCUT2D eigenvalue weighted by atomic mass is 16.5. The Balaban J connectivity index is 1.56. The number of amides is 2. The van der Waals surface area contributed by atoms with Crippen molar-refractivity contribution in [1.82, 2.24) is 10.2 Å². The number of hydrogen-bond donors (Lipinski definition) is 2. The molecule has 2 aliphatic heterocycles. The molecule has 0 aromatic heterocycles. The van der Waals surface area contributed by atoms with E-state index in [1.54, 1.807) is 18.7 Å². The van der Waals surface area contributed by atoms with Gasteiger partial charge in [0.15, 0.2) is 0 Å². The maximum absolute atomic E-state index is 13.9. The fraction of sp³-hybridized carbons (Fsp3) is 0.464. The fourth-order valence-corrected chi connectivity index (χ4v) is 4.93. The lowest BCUT2D eigenvalue weighted by Gasteiger charge is -2.42. The van der Waals surface area contributed by atoms with Gasteiger partial charge in [-0.3, -0.25) is 14.4 Å². The van der Waals surface area contributed by atoms with Gasteiger partial charge in [0.05, 0.1) is 31.3 Å². The summed E-state index contributed by atoms with van der Waals surface area (Å²) in [7, 11) is 0. The van der Waals surface area contributed by atoms with E-state index in [4.69, 9.17) is 15.2 Å². The number of hydrogen-bond acceptors (Lipinski definition) is 6. The smallest absolute Gasteiger partial charge is 0.311 e. The molecule has 4 rings (SSSR count). The summed E-state index contributed by atoms with van der Waals surface area (Å²) in [6, 6.07) is 18.1. The summed E-state index contributed by atoms with van der Waals surface area (Å²) in [5.74, 6) is -1.29. The molecule has 2 saturated heterocycles. The number of carbonyl (C=O) groups excluding carboxylic acids is 3. The normalized spacial score (nSPS) is 22.5. The van der Waals surface area contributed by atoms with Crippen molar-refractivity contribution < 1.29 is 23.9 Å². The molecule has 0 bridgehead atoms. The van der Waals surface area contributed by atoms with Gasteiger partial charge in [-0.05, 0) is 37.8 Å². The monoisotopic (exact) mass is 493 g/mol. The van der Waals surface area contributed by atoms with E-state index in [9.17, 15) is 14.4 Å². The van der Waals surface area contributed by atoms with Crippen molar-refractivity contribution in [2.75, 3.05) is 19.8 Å². The highest BCUT2D eigenvalue weighted by Crippen LogP contribution is 2.37. The second-order valence-electron chi connectivity index (χ2n) is 10.2. The van der Waals surface area contributed by atoms with E-state index in [2.05, 4.69) is 5.32 Å². The largest absolute Gasteiger partial charge is 0.465 e. The molecule has 192 valence electrons. The quantitative estimate of drug-likeness (QED) is 0.518. The van der Waals surface area contributed by atoms with Crippen LogP contribution in [0, 0.1) is 11.8 Å². The minimum Gasteiger partial charge on any atom is -0.465 e. The van der Waals surface area contributed by atoms with E-state index in [-0.39, 0.29) is 30.4 Å². The first kappa shape index (κ1) is 25.9. The second-order valence-corrected chi connectivity index (χ2v) is 10.2. The van der Waals surface area contributed by atoms with Crippen molar-refractivity contribution >= 4 is 17.8 Å². The number of likely N-dealkylation sites (tertiary alicyclic amines) is 1. The number of carbonyl (C=O) groups is 3. The third-order valence-electron chi connectivity index (χ3n) is 6.93. The SMILES string of the molecule is CC(C)(N)C(=O)N[C@H](COCc1ccccc1)C(=O)N1CCC2COC(=O)C2C1Cc1ccccc1. The minimum atomic E-state index is -1.16. The Hall–Kier alpha value is -3.23. The number of nitrogens with one attached hydrogen (secondary N) is 1. The number of esters is 1. The van der Waals surface area contributed by atoms with Crippen LogP contribution >= 0.6 is 0 Å². The zero-order chi connectivity index (χ0) is 25.7. The van der Waals surface area contributed by atoms with E-state index in [0.29, 0.717) is 32.6 Å². The first-order chi connectivity index (χ1) is 17.2. The molecule has 2 aromatic carbocycles. The molecule has 2 aromatic rings. The predicted octanol–water partition coefficient (Wildman–Crippen LogP) is 2.06. The molecule has 36 heavy (non-hydrogen) atoms. The number of ether oxygens (including phenoxy) is 2. The van der Waals surface area contributed by atoms with Gasteiger partial charge in [0.25, 0.3) is 0 Å². The Morgan fingerprint density at radius 2 is 1.75 bits per heavy atom. The molecule has 2 heterocycles. The van der Waals surface area contributed by atoms with Gasteiger partial charge in [0.1, 0.15) is 6.04 Å². The summed E-state index contributed by atoms with van der Waals surface area (Å²) >= 11 is 0. The molecule has 4 atom stereocenters. The van der Waals surface area contributed by atoms with Crippen LogP contribution in [0.5, 0.6) is 0 Å². The van der Waals surface area contributed by atoms with Gasteiger partial charge in [0, 0.05) is 18.5 Å². The number of fused-ring (bicyclic) bond motifs is 1. The van der Waals surface area contributed by atoms with Crippen LogP contribution in [0.25, 0.3) is 0 Å². The van der Waals surface area contributed by atoms with Crippen LogP contribution in [-0.4, -0.2) is 60.1 Å². The molecule has 0 aliphatic carbocycles. The molecule has 3 unspecified atom stereocenters. The molecule has 8 heteroatoms. The number of nitrogens with zero attached hydrogens (tertiary/aromatic N) is 1. The lowest BCUT2D eigenvalue weighted by molar-refractivity contribution is -0.149. The molecular formula is C28H35N3O5. The van der Waals surface area contributed by atoms with Gasteiger partial charge in [-0.15, -0.1) is 0 Å². The van der Waals surface area contributed by atoms with E-state index >= 15 is 0 Å². The zero-order valence-corrected chi connectivity index (χ0v) is 20.9. The van der Waals surface area contributed by atoms with Crippen LogP contribution in [0.3, 0.4) is 0 Å². The molecule has 8 nitrogen and oxygen atoms in total. The third-order valence-corrected chi connectivity index (χ3v) is 6.93. The average Bonchev–Trinajstić information content (AvgIpc) is 3.25. The molecule has 2 aliphatic rings. The van der Waals surface area contributed by atoms with E-state index in [1.165, 1.54) is 0 Å². The molecular weight excluding hydrogens is 458 g/mol. The molecule has 3 N–H and O–H groups in total. The average molecular weight is 494 g/mol. The van der Waals surface area contributed by atoms with Crippen LogP contribution in [-0.2, 0) is 36.9 Å². The molecule has 0 saturated carbocycles. The molecule has 2 fully saturated rings. The summed E-state index contributed by atoms with van der Waals surface area (Å²) in [6.45, 7) is 4.34. The molecule has 0 spiro atoms. The zero-order valence-electron chi connectivity index (χ0n) is 20.9. The van der Waals surface area contributed by atoms with Crippen molar-refractivity contribution in [3.63, 3.8) is 0 Å². The molecule has 0 radical (unpaired) electrons. The Morgan fingerprint density at radius 1 is 1.11 bits per heavy atom. The molecule has 2 amide bonds. The number of cyclic esters (lactones) is 1. The van der Waals surface area contributed by atoms with Crippen molar-refractivity contribution in [2.45, 2.75) is 50.9 Å². The third kappa shape index (κ3) is 6.12. The van der Waals surface area contributed by atoms with Gasteiger partial charge in [-0.1, -0.05) is 60.7 Å². The van der Waals surface area contributed by atoms with Gasteiger partial charge >= 0.3 is 5.97 Å². The fourth-order valence-electron chi connectivity index (χ4n) is 4.93. The van der Waals surface area contributed by atoms with Crippen molar-refractivity contribution in [3.05, 3.63) is 71.8 Å². The Labute approximate surface area is 212 Å². The van der Waals surface area contributed by atoms with E-state index < -0.39 is 23.4 Å². The van der Waals surface area contributed by atoms with Crippen molar-refractivity contribution in [2.24, 2.45) is 17.6 Å². The summed E-state index contributed by atoms with van der Waals surface area (Å²) in [4.78, 5) is 41.2. The predicted molar refractivity (Wildman–Crippen MR) is 134 cm³/mol. The number of benzene rings is 2. The minimum absolute atomic E-state index is 0.0113. The summed E-state index contributed by atoms with van der Waals surface area (Å²) in [5.41, 5.74) is 6.84. The highest BCUT2D eigenvalue weighted by molar-refractivity contribution is 5.92. The maximum Gasteiger partial charge on any atom is 0.311 e. The van der Waals surface area contributed by atoms with E-state index in [0.717, 1.165) is 11.1 Å². The Morgan fingerprint density at radius 3 is 2.39 bits per heavy atom. The van der Waals surface area contributed by atoms with Gasteiger partial charge in [-0.2, -0.15) is 0 Å². The number of piperidine rings is 1. The first-order valence-corrected chi connectivity index (χ1v) is 12.5. The standard InChI is InChI=1S/C28H35N3O5/c1-28(2,29)27(34)30-22(18-35-16-20-11-7-4-8-12-20)25(32)31-14-13-21-17-36-26(33)24(21)23(31)15-19-9-5-3-6-10-19/h3-12,21-24H,13-18,29H2,1-2H3,(H,30,34)/t21?,22-,23?,24?/m1/s1. The second kappa shape index (κ2) is 11.2. The first-order valence-electron chi connectivity index (χ1n) is 12.5. The van der Waals surface area contributed by atoms with Crippen molar-refractivity contribution in [1.29, 1.82) is 0 Å². The summed E-state index contributed by atoms with van der Waals surface area (Å²) in [5, 5.41) is 2.80. The maximum atomic E-state index is 13.9. The van der Waals surface area contributed by atoms with Gasteiger partial charge < -0.3 is 25.4 Å². The van der Waals surface area contributed by atoms with Crippen LogP contribution in [0.4, 0.5) is 0 Å². The number of nitrogens with two attached hydrogens (primary N) is 1. The van der Waals surface area contributed by atoms with Gasteiger partial charge in [0.2, 0.25) is 11.8 Å². The Bertz CT molecular complexity index is 1050. The van der Waals surface area contributed by atoms with Gasteiger partial charge in [-0.25, -0.2) is 0 Å². The van der Waals surface area contributed by atoms with E-state index in [1.807, 2.05) is 60.7 Å². The lowest BCUT2D eigenvalue weighted by atomic mass is 9.79. The number of rotatable bonds is 9. The lowest BCUT2D eigenvalue weighted by Crippen LogP contribution is -2.62. The van der Waals surface area contributed by atoms with Crippen LogP contribution in [0.15, 0.2) is 60.7 Å². The van der Waals surface area contributed by atoms with Crippen LogP contribution in [0.2, 0.25) is 0 Å². The topological polar surface area (TPSA) is 111 Å². The summed E-state index contributed by atoms with van der Waals surface area (Å²) in [6.07, 6.45) is 1.19. The van der Waals surface area contributed by atoms with Crippen LogP contribution in [0.1, 0.15) is 31.4 Å².